The summed E-state index contributed by atoms with van der Waals surface area (Å²) in [5.74, 6) is 3.01. The van der Waals surface area contributed by atoms with Crippen molar-refractivity contribution in [2.24, 2.45) is 23.2 Å². The molecule has 5 atom stereocenters. The van der Waals surface area contributed by atoms with Gasteiger partial charge in [-0.3, -0.25) is 10.9 Å². The molecule has 2 saturated carbocycles. The number of hydrogen-bond acceptors (Lipinski definition) is 2. The fraction of sp³-hybridized carbons (Fsp3) is 1.00. The number of rotatable bonds is 1. The molecule has 5 unspecified atom stereocenters. The van der Waals surface area contributed by atoms with Crippen molar-refractivity contribution >= 4 is 0 Å². The second-order valence-electron chi connectivity index (χ2n) is 7.51. The van der Waals surface area contributed by atoms with E-state index in [-0.39, 0.29) is 0 Å². The van der Waals surface area contributed by atoms with Crippen LogP contribution in [0.2, 0.25) is 0 Å². The van der Waals surface area contributed by atoms with Crippen LogP contribution in [0.15, 0.2) is 0 Å². The highest BCUT2D eigenvalue weighted by Crippen LogP contribution is 2.51. The summed E-state index contributed by atoms with van der Waals surface area (Å²) in [5.41, 5.74) is 7.67. The number of hydrogen-bond donors (Lipinski definition) is 2. The molecule has 0 spiro atoms. The van der Waals surface area contributed by atoms with Crippen LogP contribution in [0.1, 0.15) is 52.9 Å². The second-order valence-corrected chi connectivity index (χ2v) is 7.51. The van der Waals surface area contributed by atoms with E-state index in [9.17, 15) is 0 Å². The Labute approximate surface area is 99.5 Å². The summed E-state index contributed by atoms with van der Waals surface area (Å²) in [7, 11) is 0. The van der Waals surface area contributed by atoms with E-state index in [1.54, 1.807) is 0 Å². The average molecular weight is 222 g/mol. The van der Waals surface area contributed by atoms with Crippen molar-refractivity contribution in [1.82, 2.24) is 10.9 Å². The molecule has 0 aromatic rings. The normalized spacial score (nSPS) is 47.1. The van der Waals surface area contributed by atoms with Crippen molar-refractivity contribution in [2.45, 2.75) is 65.0 Å². The van der Waals surface area contributed by atoms with Gasteiger partial charge in [0.1, 0.15) is 0 Å². The summed E-state index contributed by atoms with van der Waals surface area (Å²) in [6, 6.07) is 1.50. The number of hydrazine groups is 1. The number of nitrogens with one attached hydrogen (secondary N) is 2. The summed E-state index contributed by atoms with van der Waals surface area (Å²) >= 11 is 0. The van der Waals surface area contributed by atoms with Crippen molar-refractivity contribution in [1.29, 1.82) is 0 Å². The Balaban J connectivity index is 1.63. The molecule has 1 heterocycles. The van der Waals surface area contributed by atoms with Gasteiger partial charge in [-0.2, -0.15) is 0 Å². The maximum Gasteiger partial charge on any atom is 0.0272 e. The molecule has 92 valence electrons. The van der Waals surface area contributed by atoms with E-state index in [2.05, 4.69) is 31.6 Å². The first-order valence-corrected chi connectivity index (χ1v) is 7.04. The molecular formula is C14H26N2. The van der Waals surface area contributed by atoms with Crippen LogP contribution in [0.25, 0.3) is 0 Å². The summed E-state index contributed by atoms with van der Waals surface area (Å²) in [6.45, 7) is 7.05. The van der Waals surface area contributed by atoms with Crippen molar-refractivity contribution < 1.29 is 0 Å². The quantitative estimate of drug-likeness (QED) is 0.713. The van der Waals surface area contributed by atoms with Crippen LogP contribution in [-0.4, -0.2) is 12.1 Å². The molecular weight excluding hydrogens is 196 g/mol. The molecule has 2 heteroatoms. The third-order valence-corrected chi connectivity index (χ3v) is 4.96. The van der Waals surface area contributed by atoms with Crippen LogP contribution in [0.5, 0.6) is 0 Å². The Morgan fingerprint density at radius 2 is 1.75 bits per heavy atom. The van der Waals surface area contributed by atoms with Gasteiger partial charge in [0.2, 0.25) is 0 Å². The third kappa shape index (κ3) is 1.91. The van der Waals surface area contributed by atoms with Crippen molar-refractivity contribution in [2.75, 3.05) is 0 Å². The van der Waals surface area contributed by atoms with E-state index < -0.39 is 0 Å². The molecule has 0 aromatic carbocycles. The minimum atomic E-state index is 0.448. The van der Waals surface area contributed by atoms with Crippen LogP contribution < -0.4 is 10.9 Å². The van der Waals surface area contributed by atoms with Gasteiger partial charge in [-0.15, -0.1) is 0 Å². The monoisotopic (exact) mass is 222 g/mol. The molecule has 0 aromatic heterocycles. The van der Waals surface area contributed by atoms with Gasteiger partial charge in [0.05, 0.1) is 0 Å². The molecule has 3 rings (SSSR count). The van der Waals surface area contributed by atoms with E-state index in [1.807, 2.05) is 0 Å². The zero-order valence-electron chi connectivity index (χ0n) is 10.9. The standard InChI is InChI=1S/C14H26N2/c1-14(2,3)8-11-7-12-9-4-5-10(6-9)13(12)16-15-11/h9-13,15-16H,4-8H2,1-3H3. The van der Waals surface area contributed by atoms with Gasteiger partial charge in [0.25, 0.3) is 0 Å². The molecule has 1 saturated heterocycles. The third-order valence-electron chi connectivity index (χ3n) is 4.96. The van der Waals surface area contributed by atoms with Gasteiger partial charge in [-0.1, -0.05) is 20.8 Å². The zero-order valence-corrected chi connectivity index (χ0v) is 10.9. The molecule has 0 amide bonds. The molecule has 2 nitrogen and oxygen atoms in total. The van der Waals surface area contributed by atoms with E-state index in [4.69, 9.17) is 0 Å². The summed E-state index contributed by atoms with van der Waals surface area (Å²) < 4.78 is 0. The Morgan fingerprint density at radius 3 is 2.50 bits per heavy atom. The lowest BCUT2D eigenvalue weighted by molar-refractivity contribution is 0.118. The Bertz CT molecular complexity index is 268. The van der Waals surface area contributed by atoms with E-state index in [0.29, 0.717) is 11.5 Å². The fourth-order valence-corrected chi connectivity index (χ4v) is 4.45. The lowest BCUT2D eigenvalue weighted by atomic mass is 9.76. The van der Waals surface area contributed by atoms with Crippen LogP contribution >= 0.6 is 0 Å². The second kappa shape index (κ2) is 3.71. The highest BCUT2D eigenvalue weighted by Gasteiger charge is 2.49. The van der Waals surface area contributed by atoms with Gasteiger partial charge in [0.15, 0.2) is 0 Å². The summed E-state index contributed by atoms with van der Waals surface area (Å²) in [6.07, 6.45) is 7.20. The molecule has 2 aliphatic carbocycles. The van der Waals surface area contributed by atoms with E-state index in [1.165, 1.54) is 32.1 Å². The Hall–Kier alpha value is -0.0800. The summed E-state index contributed by atoms with van der Waals surface area (Å²) in [5, 5.41) is 0. The van der Waals surface area contributed by atoms with Gasteiger partial charge in [-0.05, 0) is 55.3 Å². The molecule has 2 N–H and O–H groups in total. The van der Waals surface area contributed by atoms with Crippen molar-refractivity contribution in [3.8, 4) is 0 Å². The molecule has 1 aliphatic heterocycles. The Kier molecular flexibility index (Phi) is 2.56. The van der Waals surface area contributed by atoms with Crippen molar-refractivity contribution in [3.05, 3.63) is 0 Å². The van der Waals surface area contributed by atoms with Gasteiger partial charge < -0.3 is 0 Å². The van der Waals surface area contributed by atoms with E-state index >= 15 is 0 Å². The smallest absolute Gasteiger partial charge is 0.0272 e. The molecule has 2 bridgehead atoms. The highest BCUT2D eigenvalue weighted by molar-refractivity contribution is 5.03. The molecule has 3 fully saturated rings. The topological polar surface area (TPSA) is 24.1 Å². The van der Waals surface area contributed by atoms with Crippen LogP contribution in [0.3, 0.4) is 0 Å². The van der Waals surface area contributed by atoms with Crippen molar-refractivity contribution in [3.63, 3.8) is 0 Å². The SMILES string of the molecule is CC(C)(C)CC1CC2C3CCC(C3)C2NN1. The van der Waals surface area contributed by atoms with Gasteiger partial charge in [-0.25, -0.2) is 0 Å². The lowest BCUT2D eigenvalue weighted by Gasteiger charge is -2.42. The largest absolute Gasteiger partial charge is 0.254 e. The van der Waals surface area contributed by atoms with Crippen LogP contribution in [0, 0.1) is 23.2 Å². The zero-order chi connectivity index (χ0) is 11.3. The number of fused-ring (bicyclic) bond motifs is 5. The first-order valence-electron chi connectivity index (χ1n) is 7.04. The van der Waals surface area contributed by atoms with Crippen LogP contribution in [-0.2, 0) is 0 Å². The minimum Gasteiger partial charge on any atom is -0.254 e. The minimum absolute atomic E-state index is 0.448. The molecule has 3 aliphatic rings. The van der Waals surface area contributed by atoms with Gasteiger partial charge >= 0.3 is 0 Å². The predicted molar refractivity (Wildman–Crippen MR) is 66.9 cm³/mol. The average Bonchev–Trinajstić information content (AvgIpc) is 2.75. The molecule has 0 radical (unpaired) electrons. The predicted octanol–water partition coefficient (Wildman–Crippen LogP) is 2.70. The fourth-order valence-electron chi connectivity index (χ4n) is 4.45. The Morgan fingerprint density at radius 1 is 1.00 bits per heavy atom. The first-order chi connectivity index (χ1) is 7.53. The lowest BCUT2D eigenvalue weighted by Crippen LogP contribution is -2.58. The first kappa shape index (κ1) is 11.0. The molecule has 16 heavy (non-hydrogen) atoms. The summed E-state index contributed by atoms with van der Waals surface area (Å²) in [4.78, 5) is 0. The maximum absolute atomic E-state index is 3.64. The van der Waals surface area contributed by atoms with E-state index in [0.717, 1.165) is 23.8 Å². The maximum atomic E-state index is 3.64. The van der Waals surface area contributed by atoms with Crippen LogP contribution in [0.4, 0.5) is 0 Å². The highest BCUT2D eigenvalue weighted by atomic mass is 15.4. The van der Waals surface area contributed by atoms with Gasteiger partial charge in [0, 0.05) is 12.1 Å².